The first-order valence-corrected chi connectivity index (χ1v) is 20.7. The van der Waals surface area contributed by atoms with Crippen molar-refractivity contribution < 1.29 is 43.8 Å². The molecule has 0 spiro atoms. The lowest BCUT2D eigenvalue weighted by Crippen LogP contribution is -2.60. The van der Waals surface area contributed by atoms with Crippen LogP contribution in [0.3, 0.4) is 0 Å². The minimum Gasteiger partial charge on any atom is -0.508 e. The van der Waals surface area contributed by atoms with E-state index in [0.29, 0.717) is 31.2 Å². The number of aryl methyl sites for hydroxylation is 2. The number of nitrogens with zero attached hydrogens (tertiary/aromatic N) is 1. The molecule has 1 aliphatic rings. The Balaban J connectivity index is 1.62. The fourth-order valence-corrected chi connectivity index (χ4v) is 6.90. The summed E-state index contributed by atoms with van der Waals surface area (Å²) in [6.45, 7) is 5.12. The summed E-state index contributed by atoms with van der Waals surface area (Å²) in [4.78, 5) is 96.3. The summed E-state index contributed by atoms with van der Waals surface area (Å²) >= 11 is 0. The number of carboxylic acid groups (broad SMARTS) is 1. The third-order valence-corrected chi connectivity index (χ3v) is 10.8. The van der Waals surface area contributed by atoms with E-state index in [1.165, 1.54) is 31.0 Å². The molecule has 1 heterocycles. The molecule has 0 aromatic heterocycles. The maximum atomic E-state index is 14.2. The van der Waals surface area contributed by atoms with Crippen molar-refractivity contribution in [1.29, 1.82) is 0 Å². The Morgan fingerprint density at radius 2 is 1.31 bits per heavy atom. The van der Waals surface area contributed by atoms with E-state index in [-0.39, 0.29) is 38.0 Å². The molecule has 0 radical (unpaired) electrons. The number of phenolic OH excluding ortho intramolecular Hbond substituents is 1. The molecule has 1 saturated heterocycles. The van der Waals surface area contributed by atoms with Gasteiger partial charge in [0.05, 0.1) is 0 Å². The van der Waals surface area contributed by atoms with Crippen LogP contribution in [0.25, 0.3) is 0 Å². The molecule has 8 N–H and O–H groups in total. The van der Waals surface area contributed by atoms with E-state index in [0.717, 1.165) is 11.1 Å². The van der Waals surface area contributed by atoms with Gasteiger partial charge < -0.3 is 47.0 Å². The molecule has 3 aromatic rings. The number of phenols is 1. The molecule has 16 heteroatoms. The van der Waals surface area contributed by atoms with E-state index in [1.807, 2.05) is 30.3 Å². The molecule has 0 bridgehead atoms. The highest BCUT2D eigenvalue weighted by atomic mass is 16.4. The Labute approximate surface area is 356 Å². The van der Waals surface area contributed by atoms with Crippen LogP contribution in [-0.2, 0) is 48.0 Å². The number of carbonyl (C=O) groups excluding carboxylic acids is 6. The molecule has 328 valence electrons. The number of benzene rings is 3. The second-order valence-electron chi connectivity index (χ2n) is 15.7. The van der Waals surface area contributed by atoms with Crippen molar-refractivity contribution in [2.75, 3.05) is 13.6 Å². The number of hydrogen-bond acceptors (Lipinski definition) is 8. The number of hydrogen-bond donors (Lipinski definition) is 8. The summed E-state index contributed by atoms with van der Waals surface area (Å²) in [5.74, 6) is -4.64. The predicted molar refractivity (Wildman–Crippen MR) is 228 cm³/mol. The second kappa shape index (κ2) is 23.4. The molecule has 16 nitrogen and oxygen atoms in total. The number of carboxylic acids is 1. The van der Waals surface area contributed by atoms with E-state index < -0.39 is 83.7 Å². The zero-order valence-corrected chi connectivity index (χ0v) is 35.2. The van der Waals surface area contributed by atoms with Crippen molar-refractivity contribution in [1.82, 2.24) is 36.8 Å². The Kier molecular flexibility index (Phi) is 18.1. The van der Waals surface area contributed by atoms with Gasteiger partial charge in [0.25, 0.3) is 0 Å². The summed E-state index contributed by atoms with van der Waals surface area (Å²) < 4.78 is 0. The molecule has 1 fully saturated rings. The van der Waals surface area contributed by atoms with Crippen LogP contribution in [0, 0.1) is 5.92 Å². The van der Waals surface area contributed by atoms with Gasteiger partial charge in [-0.05, 0) is 86.6 Å². The Bertz CT molecular complexity index is 1950. The molecule has 0 unspecified atom stereocenters. The monoisotopic (exact) mass is 841 g/mol. The Morgan fingerprint density at radius 3 is 1.92 bits per heavy atom. The van der Waals surface area contributed by atoms with Crippen molar-refractivity contribution in [3.8, 4) is 5.75 Å². The zero-order valence-electron chi connectivity index (χ0n) is 35.2. The Hall–Kier alpha value is -6.45. The lowest BCUT2D eigenvalue weighted by atomic mass is 9.99. The van der Waals surface area contributed by atoms with Crippen LogP contribution in [0.4, 0.5) is 4.79 Å². The quantitative estimate of drug-likeness (QED) is 0.134. The van der Waals surface area contributed by atoms with E-state index in [2.05, 4.69) is 31.9 Å². The summed E-state index contributed by atoms with van der Waals surface area (Å²) in [6, 6.07) is 16.8. The molecule has 0 saturated carbocycles. The van der Waals surface area contributed by atoms with Crippen LogP contribution in [0.2, 0.25) is 0 Å². The van der Waals surface area contributed by atoms with Crippen molar-refractivity contribution >= 4 is 41.5 Å². The summed E-state index contributed by atoms with van der Waals surface area (Å²) in [5, 5.41) is 35.9. The van der Waals surface area contributed by atoms with Gasteiger partial charge in [-0.15, -0.1) is 0 Å². The van der Waals surface area contributed by atoms with Gasteiger partial charge in [-0.1, -0.05) is 86.6 Å². The lowest BCUT2D eigenvalue weighted by molar-refractivity contribution is -0.142. The lowest BCUT2D eigenvalue weighted by Gasteiger charge is -2.31. The second-order valence-corrected chi connectivity index (χ2v) is 15.7. The molecule has 4 rings (SSSR count). The van der Waals surface area contributed by atoms with Gasteiger partial charge in [0.15, 0.2) is 0 Å². The molecule has 0 aliphatic carbocycles. The van der Waals surface area contributed by atoms with Gasteiger partial charge in [0.2, 0.25) is 29.5 Å². The van der Waals surface area contributed by atoms with Crippen molar-refractivity contribution in [3.05, 3.63) is 102 Å². The fourth-order valence-electron chi connectivity index (χ4n) is 6.90. The fraction of sp³-hybridized carbons (Fsp3) is 0.444. The highest BCUT2D eigenvalue weighted by Crippen LogP contribution is 2.15. The first kappa shape index (κ1) is 47.2. The SMILES string of the molecule is CC(C)[C@@H]1NC(=O)[C@H](NC(=O)N[C@@H](Cc2ccccc2)C(=O)O)CCCCNC(=O)[C@H](CCc2ccc(O)cc2)NC(=O)[C@H](C)N(C)C(=O)[C@H](CCc2ccccc2)NC1=O. The normalized spacial score (nSPS) is 21.7. The van der Waals surface area contributed by atoms with Crippen molar-refractivity contribution in [3.63, 3.8) is 0 Å². The number of urea groups is 1. The maximum absolute atomic E-state index is 14.2. The number of aliphatic carboxylic acids is 1. The van der Waals surface area contributed by atoms with Crippen molar-refractivity contribution in [2.24, 2.45) is 5.92 Å². The van der Waals surface area contributed by atoms with Crippen LogP contribution in [0.15, 0.2) is 84.9 Å². The molecular weight excluding hydrogens is 783 g/mol. The first-order chi connectivity index (χ1) is 29.1. The van der Waals surface area contributed by atoms with E-state index in [4.69, 9.17) is 0 Å². The third-order valence-electron chi connectivity index (χ3n) is 10.8. The predicted octanol–water partition coefficient (Wildman–Crippen LogP) is 2.58. The van der Waals surface area contributed by atoms with Crippen LogP contribution in [0.5, 0.6) is 5.75 Å². The molecular formula is C45H59N7O9. The molecule has 7 amide bonds. The largest absolute Gasteiger partial charge is 0.508 e. The number of nitrogens with one attached hydrogen (secondary N) is 6. The number of carbonyl (C=O) groups is 7. The van der Waals surface area contributed by atoms with Gasteiger partial charge in [-0.25, -0.2) is 9.59 Å². The standard InChI is InChI=1S/C45H59N7O9/c1-28(2)38-42(57)48-36(25-21-30-13-7-5-8-14-30)43(58)52(4)29(3)39(54)47-35(24-20-31-18-22-33(53)23-19-31)40(55)46-26-12-11-17-34(41(56)51-38)49-45(61)50-37(44(59)60)27-32-15-9-6-10-16-32/h5-10,13-16,18-19,22-23,28-29,34-38,53H,11-12,17,20-21,24-27H2,1-4H3,(H,46,55)(H,47,54)(H,48,57)(H,51,56)(H,59,60)(H2,49,50,61)/t29-,34+,35-,36-,37-,38-/m0/s1. The van der Waals surface area contributed by atoms with E-state index in [1.54, 1.807) is 56.3 Å². The minimum atomic E-state index is -1.31. The molecule has 1 aliphatic heterocycles. The summed E-state index contributed by atoms with van der Waals surface area (Å²) in [5.41, 5.74) is 2.41. The van der Waals surface area contributed by atoms with Crippen LogP contribution in [0.1, 0.15) is 69.6 Å². The van der Waals surface area contributed by atoms with E-state index in [9.17, 15) is 43.8 Å². The molecule has 3 aromatic carbocycles. The van der Waals surface area contributed by atoms with Crippen LogP contribution < -0.4 is 31.9 Å². The van der Waals surface area contributed by atoms with Crippen LogP contribution >= 0.6 is 0 Å². The summed E-state index contributed by atoms with van der Waals surface area (Å²) in [6.07, 6.45) is 1.84. The van der Waals surface area contributed by atoms with Gasteiger partial charge in [0.1, 0.15) is 42.0 Å². The summed E-state index contributed by atoms with van der Waals surface area (Å²) in [7, 11) is 1.44. The number of rotatable bonds is 12. The van der Waals surface area contributed by atoms with Gasteiger partial charge >= 0.3 is 12.0 Å². The highest BCUT2D eigenvalue weighted by Gasteiger charge is 2.35. The van der Waals surface area contributed by atoms with Gasteiger partial charge in [0, 0.05) is 20.0 Å². The van der Waals surface area contributed by atoms with Gasteiger partial charge in [-0.3, -0.25) is 24.0 Å². The minimum absolute atomic E-state index is 0.00966. The number of likely N-dealkylation sites (N-methyl/N-ethyl adjacent to an activating group) is 1. The average molecular weight is 842 g/mol. The highest BCUT2D eigenvalue weighted by molar-refractivity contribution is 5.96. The van der Waals surface area contributed by atoms with Gasteiger partial charge in [-0.2, -0.15) is 0 Å². The number of amides is 7. The molecule has 61 heavy (non-hydrogen) atoms. The third kappa shape index (κ3) is 15.0. The average Bonchev–Trinajstić information content (AvgIpc) is 3.24. The topological polar surface area (TPSA) is 235 Å². The van der Waals surface area contributed by atoms with E-state index >= 15 is 0 Å². The first-order valence-electron chi connectivity index (χ1n) is 20.7. The molecule has 6 atom stereocenters. The van der Waals surface area contributed by atoms with Crippen LogP contribution in [-0.4, -0.2) is 106 Å². The van der Waals surface area contributed by atoms with Crippen molar-refractivity contribution in [2.45, 2.75) is 108 Å². The number of aromatic hydroxyl groups is 1. The smallest absolute Gasteiger partial charge is 0.326 e. The maximum Gasteiger partial charge on any atom is 0.326 e. The zero-order chi connectivity index (χ0) is 44.5. The Morgan fingerprint density at radius 1 is 0.738 bits per heavy atom.